The Morgan fingerprint density at radius 3 is 1.85 bits per heavy atom. The average molecular weight is 1460 g/mol. The Hall–Kier alpha value is -7.53. The SMILES string of the molecule is COCCOCCOCCOCCOCCOCCOCCC(=O)N(CC(=O)O)CC(=O)C[C@H](C(=O)N[C@@H](C)C(=O)Cc1ccc(COC(=O)CCc2ccc([C@H]3O[C@@H]3[C@@H](C)[C@@H]3C/C=C/C(=O)N[C@H](Cc4ccc(C)c(Cl)c4)C(=O)NCC(C)(C)C(=O)N[C@@H](CC(C)C)C(=O)O3)cc2)cc1)C(C)C. The Morgan fingerprint density at radius 1 is 0.709 bits per heavy atom. The second-order valence-electron chi connectivity index (χ2n) is 27.3. The van der Waals surface area contributed by atoms with Crippen LogP contribution in [0, 0.1) is 36.0 Å². The van der Waals surface area contributed by atoms with Crippen molar-refractivity contribution in [2.75, 3.05) is 113 Å². The maximum absolute atomic E-state index is 14.0. The first-order valence-corrected chi connectivity index (χ1v) is 35.8. The molecule has 0 saturated carbocycles. The third-order valence-corrected chi connectivity index (χ3v) is 17.8. The van der Waals surface area contributed by atoms with Crippen LogP contribution in [0.4, 0.5) is 0 Å². The number of aryl methyl sites for hydroxylation is 2. The van der Waals surface area contributed by atoms with Crippen LogP contribution in [0.5, 0.6) is 0 Å². The quantitative estimate of drug-likeness (QED) is 0.0227. The van der Waals surface area contributed by atoms with Crippen LogP contribution in [0.15, 0.2) is 78.9 Å². The number of aliphatic carboxylic acids is 1. The fraction of sp³-hybridized carbons (Fsp3) is 0.605. The molecule has 0 radical (unpaired) electrons. The van der Waals surface area contributed by atoms with Gasteiger partial charge in [-0.2, -0.15) is 0 Å². The van der Waals surface area contributed by atoms with Gasteiger partial charge in [0.05, 0.1) is 116 Å². The van der Waals surface area contributed by atoms with Gasteiger partial charge in [0.25, 0.3) is 0 Å². The van der Waals surface area contributed by atoms with E-state index in [9.17, 15) is 53.1 Å². The van der Waals surface area contributed by atoms with Gasteiger partial charge in [-0.15, -0.1) is 0 Å². The van der Waals surface area contributed by atoms with Crippen molar-refractivity contribution in [3.8, 4) is 0 Å². The van der Waals surface area contributed by atoms with Crippen LogP contribution in [0.25, 0.3) is 0 Å². The summed E-state index contributed by atoms with van der Waals surface area (Å²) in [4.78, 5) is 134. The second-order valence-corrected chi connectivity index (χ2v) is 27.8. The van der Waals surface area contributed by atoms with Gasteiger partial charge in [0.2, 0.25) is 29.5 Å². The number of rotatable bonds is 45. The van der Waals surface area contributed by atoms with Crippen molar-refractivity contribution in [1.82, 2.24) is 26.2 Å². The molecular weight excluding hydrogens is 1350 g/mol. The number of benzene rings is 3. The molecular formula is C76H108ClN5O21. The molecule has 27 heteroatoms. The smallest absolute Gasteiger partial charge is 0.328 e. The summed E-state index contributed by atoms with van der Waals surface area (Å²) in [5.41, 5.74) is 3.54. The number of nitrogens with one attached hydrogen (secondary N) is 4. The average Bonchev–Trinajstić information content (AvgIpc) is 1.63. The minimum absolute atomic E-state index is 0.00431. The van der Waals surface area contributed by atoms with E-state index in [4.69, 9.17) is 59.0 Å². The molecule has 5 amide bonds. The minimum Gasteiger partial charge on any atom is -0.480 e. The highest BCUT2D eigenvalue weighted by Gasteiger charge is 2.48. The lowest BCUT2D eigenvalue weighted by atomic mass is 9.89. The Kier molecular flexibility index (Phi) is 38.2. The zero-order valence-corrected chi connectivity index (χ0v) is 62.2. The summed E-state index contributed by atoms with van der Waals surface area (Å²) in [6.45, 7) is 19.3. The number of methoxy groups -OCH3 is 1. The number of epoxide rings is 1. The number of halogens is 1. The predicted molar refractivity (Wildman–Crippen MR) is 381 cm³/mol. The van der Waals surface area contributed by atoms with Crippen molar-refractivity contribution in [1.29, 1.82) is 0 Å². The van der Waals surface area contributed by atoms with Gasteiger partial charge < -0.3 is 78.6 Å². The number of carboxylic acid groups (broad SMARTS) is 1. The van der Waals surface area contributed by atoms with Crippen LogP contribution in [-0.4, -0.2) is 212 Å². The summed E-state index contributed by atoms with van der Waals surface area (Å²) in [6, 6.07) is 17.1. The van der Waals surface area contributed by atoms with Gasteiger partial charge in [0.15, 0.2) is 11.6 Å². The van der Waals surface area contributed by atoms with Crippen molar-refractivity contribution in [2.45, 2.75) is 157 Å². The molecule has 26 nitrogen and oxygen atoms in total. The van der Waals surface area contributed by atoms with Gasteiger partial charge in [-0.25, -0.2) is 4.79 Å². The van der Waals surface area contributed by atoms with Crippen molar-refractivity contribution < 1.29 is 100 Å². The van der Waals surface area contributed by atoms with Crippen LogP contribution >= 0.6 is 11.6 Å². The summed E-state index contributed by atoms with van der Waals surface area (Å²) in [5, 5.41) is 21.3. The zero-order valence-electron chi connectivity index (χ0n) is 61.4. The summed E-state index contributed by atoms with van der Waals surface area (Å²) in [5.74, 6) is -7.41. The highest BCUT2D eigenvalue weighted by atomic mass is 35.5. The molecule has 3 aromatic carbocycles. The number of hydrogen-bond donors (Lipinski definition) is 5. The van der Waals surface area contributed by atoms with E-state index in [1.165, 1.54) is 6.08 Å². The molecule has 5 rings (SSSR count). The number of carboxylic acids is 1. The molecule has 0 aliphatic carbocycles. The van der Waals surface area contributed by atoms with E-state index >= 15 is 0 Å². The number of Topliss-reactive ketones (excluding diaryl/α,β-unsaturated/α-hetero) is 2. The van der Waals surface area contributed by atoms with E-state index in [0.29, 0.717) is 95.1 Å². The fourth-order valence-electron chi connectivity index (χ4n) is 11.0. The molecule has 2 aliphatic rings. The molecule has 0 unspecified atom stereocenters. The lowest BCUT2D eigenvalue weighted by Gasteiger charge is -2.30. The number of carbonyl (C=O) groups excluding carboxylic acids is 9. The molecule has 2 heterocycles. The fourth-order valence-corrected chi connectivity index (χ4v) is 11.2. The second kappa shape index (κ2) is 45.6. The Morgan fingerprint density at radius 2 is 1.28 bits per heavy atom. The Bertz CT molecular complexity index is 3240. The van der Waals surface area contributed by atoms with Gasteiger partial charge in [0.1, 0.15) is 37.4 Å². The number of esters is 2. The van der Waals surface area contributed by atoms with E-state index in [1.807, 2.05) is 64.1 Å². The molecule has 0 aromatic heterocycles. The Labute approximate surface area is 610 Å². The van der Waals surface area contributed by atoms with E-state index in [-0.39, 0.29) is 107 Å². The van der Waals surface area contributed by atoms with Crippen molar-refractivity contribution in [2.24, 2.45) is 29.1 Å². The van der Waals surface area contributed by atoms with Gasteiger partial charge in [-0.1, -0.05) is 113 Å². The van der Waals surface area contributed by atoms with Crippen LogP contribution in [0.1, 0.15) is 127 Å². The van der Waals surface area contributed by atoms with Gasteiger partial charge >= 0.3 is 17.9 Å². The summed E-state index contributed by atoms with van der Waals surface area (Å²) >= 11 is 6.41. The molecule has 1 saturated heterocycles. The van der Waals surface area contributed by atoms with E-state index in [2.05, 4.69) is 21.3 Å². The maximum atomic E-state index is 14.0. The third-order valence-electron chi connectivity index (χ3n) is 17.4. The normalized spacial score (nSPS) is 19.1. The monoisotopic (exact) mass is 1460 g/mol. The molecule has 0 bridgehead atoms. The highest BCUT2D eigenvalue weighted by molar-refractivity contribution is 6.31. The number of ketones is 2. The van der Waals surface area contributed by atoms with Gasteiger partial charge in [-0.05, 0) is 97.9 Å². The molecule has 5 N–H and O–H groups in total. The molecule has 8 atom stereocenters. The molecule has 570 valence electrons. The summed E-state index contributed by atoms with van der Waals surface area (Å²) < 4.78 is 55.6. The van der Waals surface area contributed by atoms with Gasteiger partial charge in [-0.3, -0.25) is 43.2 Å². The molecule has 103 heavy (non-hydrogen) atoms. The van der Waals surface area contributed by atoms with E-state index in [0.717, 1.165) is 27.2 Å². The summed E-state index contributed by atoms with van der Waals surface area (Å²) in [6.07, 6.45) is 1.98. The van der Waals surface area contributed by atoms with Crippen molar-refractivity contribution in [3.05, 3.63) is 117 Å². The van der Waals surface area contributed by atoms with E-state index in [1.54, 1.807) is 78.1 Å². The zero-order chi connectivity index (χ0) is 75.4. The number of ether oxygens (including phenoxy) is 10. The first kappa shape index (κ1) is 86.1. The number of nitrogens with zero attached hydrogens (tertiary/aromatic N) is 1. The largest absolute Gasteiger partial charge is 0.480 e. The molecule has 0 spiro atoms. The minimum atomic E-state index is -1.31. The molecule has 1 fully saturated rings. The van der Waals surface area contributed by atoms with Crippen LogP contribution in [-0.2, 0) is 121 Å². The molecule has 3 aromatic rings. The first-order valence-electron chi connectivity index (χ1n) is 35.4. The standard InChI is InChI=1S/C76H108ClN5O21/c1-49(2)40-63-74(92)102-65(12-11-13-66(85)80-62(42-57-15-14-51(5)61(77)41-57)73(91)78-48-76(8,9)75(93)81-63)52(6)70-71(103-70)58-23-20-54(21-24-58)22-25-69(89)101-47-56-18-16-55(17-19-56)43-64(84)53(7)79-72(90)60(50(3)4)44-59(83)45-82(46-68(87)88)67(86)26-27-95-30-31-97-34-35-99-38-39-100-37-36-98-33-32-96-29-28-94-10/h11,13-21,23-24,41,49-50,52-53,60,62-63,65,70-71H,12,22,25-40,42-48H2,1-10H3,(H,78,91)(H,79,90)(H,80,85)(H,81,93)(H,87,88)/b13-11+/t52-,53-,60-,62+,63-,65-,70+,71+/m0/s1. The number of hydrogen-bond acceptors (Lipinski definition) is 20. The van der Waals surface area contributed by atoms with Crippen molar-refractivity contribution >= 4 is 70.6 Å². The predicted octanol–water partition coefficient (Wildman–Crippen LogP) is 6.57. The van der Waals surface area contributed by atoms with Crippen LogP contribution in [0.3, 0.4) is 0 Å². The first-order chi connectivity index (χ1) is 49.1. The van der Waals surface area contributed by atoms with Gasteiger partial charge in [0, 0.05) is 62.6 Å². The lowest BCUT2D eigenvalue weighted by Crippen LogP contribution is -2.54. The molecule has 2 aliphatic heterocycles. The topological polar surface area (TPSA) is 338 Å². The van der Waals surface area contributed by atoms with Crippen LogP contribution < -0.4 is 21.3 Å². The van der Waals surface area contributed by atoms with Crippen molar-refractivity contribution in [3.63, 3.8) is 0 Å². The van der Waals surface area contributed by atoms with Crippen LogP contribution in [0.2, 0.25) is 5.02 Å². The number of cyclic esters (lactones) is 1. The highest BCUT2D eigenvalue weighted by Crippen LogP contribution is 2.45. The van der Waals surface area contributed by atoms with E-state index < -0.39 is 102 Å². The Balaban J connectivity index is 1.02. The number of carbonyl (C=O) groups is 10. The number of amides is 5. The maximum Gasteiger partial charge on any atom is 0.328 e. The lowest BCUT2D eigenvalue weighted by molar-refractivity contribution is -0.157. The summed E-state index contributed by atoms with van der Waals surface area (Å²) in [7, 11) is 1.61. The third kappa shape index (κ3) is 32.6.